The summed E-state index contributed by atoms with van der Waals surface area (Å²) in [6.07, 6.45) is 6.77. The van der Waals surface area contributed by atoms with Crippen molar-refractivity contribution in [3.8, 4) is 0 Å². The highest BCUT2D eigenvalue weighted by atomic mass is 16.1. The van der Waals surface area contributed by atoms with Gasteiger partial charge < -0.3 is 0 Å². The minimum Gasteiger partial charge on any atom is -0.298 e. The Bertz CT molecular complexity index is 315. The van der Waals surface area contributed by atoms with Crippen LogP contribution < -0.4 is 0 Å². The number of Topliss-reactive ketones (excluding diaryl/α,β-unsaturated/α-hetero) is 1. The predicted octanol–water partition coefficient (Wildman–Crippen LogP) is 4.67. The maximum atomic E-state index is 12.5. The number of ketones is 1. The molecule has 1 atom stereocenters. The summed E-state index contributed by atoms with van der Waals surface area (Å²) in [5.74, 6) is 1.12. The highest BCUT2D eigenvalue weighted by molar-refractivity contribution is 5.85. The summed E-state index contributed by atoms with van der Waals surface area (Å²) in [7, 11) is 0. The molecule has 0 bridgehead atoms. The first-order valence-corrected chi connectivity index (χ1v) is 8.33. The Morgan fingerprint density at radius 1 is 1.05 bits per heavy atom. The van der Waals surface area contributed by atoms with Crippen LogP contribution in [0, 0.1) is 11.3 Å². The van der Waals surface area contributed by atoms with Crippen LogP contribution in [0.4, 0.5) is 0 Å². The van der Waals surface area contributed by atoms with Crippen LogP contribution in [0.1, 0.15) is 80.6 Å². The first-order chi connectivity index (χ1) is 9.03. The monoisotopic (exact) mass is 281 g/mol. The van der Waals surface area contributed by atoms with Crippen LogP contribution in [0.25, 0.3) is 0 Å². The molecule has 118 valence electrons. The summed E-state index contributed by atoms with van der Waals surface area (Å²) >= 11 is 0. The quantitative estimate of drug-likeness (QED) is 0.746. The van der Waals surface area contributed by atoms with Gasteiger partial charge in [0, 0.05) is 17.0 Å². The highest BCUT2D eigenvalue weighted by Crippen LogP contribution is 2.32. The lowest BCUT2D eigenvalue weighted by molar-refractivity contribution is -0.130. The summed E-state index contributed by atoms with van der Waals surface area (Å²) in [4.78, 5) is 14.9. The molecule has 0 radical (unpaired) electrons. The van der Waals surface area contributed by atoms with Crippen molar-refractivity contribution in [2.75, 3.05) is 6.54 Å². The lowest BCUT2D eigenvalue weighted by atomic mass is 9.81. The van der Waals surface area contributed by atoms with E-state index in [4.69, 9.17) is 0 Å². The summed E-state index contributed by atoms with van der Waals surface area (Å²) in [6.45, 7) is 15.7. The third-order valence-electron chi connectivity index (χ3n) is 4.84. The third-order valence-corrected chi connectivity index (χ3v) is 4.84. The highest BCUT2D eigenvalue weighted by Gasteiger charge is 2.35. The van der Waals surface area contributed by atoms with Gasteiger partial charge in [-0.15, -0.1) is 0 Å². The van der Waals surface area contributed by atoms with E-state index in [0.29, 0.717) is 18.4 Å². The van der Waals surface area contributed by atoms with Gasteiger partial charge in [-0.3, -0.25) is 9.69 Å². The van der Waals surface area contributed by atoms with Crippen LogP contribution >= 0.6 is 0 Å². The lowest BCUT2D eigenvalue weighted by Crippen LogP contribution is -2.53. The van der Waals surface area contributed by atoms with E-state index >= 15 is 0 Å². The zero-order chi connectivity index (χ0) is 15.6. The maximum Gasteiger partial charge on any atom is 0.152 e. The molecule has 0 aromatic carbocycles. The number of carbonyl (C=O) groups excluding carboxylic acids is 1. The molecule has 0 aromatic rings. The molecule has 1 aliphatic carbocycles. The molecule has 0 aliphatic heterocycles. The Morgan fingerprint density at radius 3 is 1.95 bits per heavy atom. The van der Waals surface area contributed by atoms with E-state index in [9.17, 15) is 4.79 Å². The second-order valence-electron chi connectivity index (χ2n) is 8.61. The number of rotatable bonds is 4. The van der Waals surface area contributed by atoms with Gasteiger partial charge in [0.05, 0.1) is 6.54 Å². The van der Waals surface area contributed by atoms with Crippen molar-refractivity contribution in [1.29, 1.82) is 0 Å². The normalized spacial score (nSPS) is 20.2. The van der Waals surface area contributed by atoms with Crippen molar-refractivity contribution >= 4 is 5.78 Å². The Morgan fingerprint density at radius 2 is 1.55 bits per heavy atom. The smallest absolute Gasteiger partial charge is 0.152 e. The summed E-state index contributed by atoms with van der Waals surface area (Å²) in [5, 5.41) is 0. The van der Waals surface area contributed by atoms with E-state index in [-0.39, 0.29) is 11.0 Å². The molecular weight excluding hydrogens is 246 g/mol. The first kappa shape index (κ1) is 17.7. The minimum atomic E-state index is -0.240. The summed E-state index contributed by atoms with van der Waals surface area (Å²) in [5.41, 5.74) is -0.187. The Balaban J connectivity index is 2.81. The third kappa shape index (κ3) is 4.87. The number of nitrogens with zero attached hydrogens (tertiary/aromatic N) is 1. The van der Waals surface area contributed by atoms with Crippen LogP contribution in [0.3, 0.4) is 0 Å². The molecule has 2 nitrogen and oxygen atoms in total. The SMILES string of the molecule is CC(C1CCCCC1)N(CC(=O)C(C)(C)C)C(C)(C)C. The van der Waals surface area contributed by atoms with Gasteiger partial charge in [-0.1, -0.05) is 40.0 Å². The van der Waals surface area contributed by atoms with E-state index in [1.807, 2.05) is 20.8 Å². The van der Waals surface area contributed by atoms with Crippen molar-refractivity contribution in [3.05, 3.63) is 0 Å². The molecule has 0 heterocycles. The van der Waals surface area contributed by atoms with Crippen LogP contribution in [-0.2, 0) is 4.79 Å². The van der Waals surface area contributed by atoms with Crippen molar-refractivity contribution in [2.45, 2.75) is 92.2 Å². The number of hydrogen-bond donors (Lipinski definition) is 0. The molecule has 1 unspecified atom stereocenters. The molecule has 1 rings (SSSR count). The fraction of sp³-hybridized carbons (Fsp3) is 0.944. The average Bonchev–Trinajstić information content (AvgIpc) is 2.33. The molecule has 2 heteroatoms. The Kier molecular flexibility index (Phi) is 5.83. The fourth-order valence-corrected chi connectivity index (χ4v) is 3.26. The van der Waals surface area contributed by atoms with E-state index in [1.165, 1.54) is 32.1 Å². The van der Waals surface area contributed by atoms with E-state index in [1.54, 1.807) is 0 Å². The van der Waals surface area contributed by atoms with E-state index < -0.39 is 0 Å². The molecule has 0 amide bonds. The molecule has 0 spiro atoms. The Labute approximate surface area is 126 Å². The van der Waals surface area contributed by atoms with Gasteiger partial charge in [-0.2, -0.15) is 0 Å². The van der Waals surface area contributed by atoms with Gasteiger partial charge in [0.1, 0.15) is 0 Å². The Hall–Kier alpha value is -0.370. The molecule has 0 N–H and O–H groups in total. The van der Waals surface area contributed by atoms with Crippen molar-refractivity contribution < 1.29 is 4.79 Å². The van der Waals surface area contributed by atoms with E-state index in [2.05, 4.69) is 32.6 Å². The van der Waals surface area contributed by atoms with Gasteiger partial charge in [-0.25, -0.2) is 0 Å². The number of carbonyl (C=O) groups is 1. The lowest BCUT2D eigenvalue weighted by Gasteiger charge is -2.45. The van der Waals surface area contributed by atoms with Crippen LogP contribution in [0.2, 0.25) is 0 Å². The van der Waals surface area contributed by atoms with Crippen LogP contribution in [-0.4, -0.2) is 28.8 Å². The van der Waals surface area contributed by atoms with Gasteiger partial charge in [0.15, 0.2) is 5.78 Å². The van der Waals surface area contributed by atoms with Crippen LogP contribution in [0.5, 0.6) is 0 Å². The zero-order valence-corrected chi connectivity index (χ0v) is 14.8. The molecule has 1 saturated carbocycles. The van der Waals surface area contributed by atoms with Crippen molar-refractivity contribution in [3.63, 3.8) is 0 Å². The zero-order valence-electron chi connectivity index (χ0n) is 14.8. The predicted molar refractivity (Wildman–Crippen MR) is 87.0 cm³/mol. The maximum absolute atomic E-state index is 12.5. The van der Waals surface area contributed by atoms with Gasteiger partial charge >= 0.3 is 0 Å². The second-order valence-corrected chi connectivity index (χ2v) is 8.61. The molecular formula is C18H35NO. The first-order valence-electron chi connectivity index (χ1n) is 8.33. The van der Waals surface area contributed by atoms with Crippen LogP contribution in [0.15, 0.2) is 0 Å². The summed E-state index contributed by atoms with van der Waals surface area (Å²) < 4.78 is 0. The van der Waals surface area contributed by atoms with Gasteiger partial charge in [0.2, 0.25) is 0 Å². The summed E-state index contributed by atoms with van der Waals surface area (Å²) in [6, 6.07) is 0.501. The van der Waals surface area contributed by atoms with Gasteiger partial charge in [0.25, 0.3) is 0 Å². The fourth-order valence-electron chi connectivity index (χ4n) is 3.26. The molecule has 1 fully saturated rings. The molecule has 20 heavy (non-hydrogen) atoms. The molecule has 0 aromatic heterocycles. The molecule has 1 aliphatic rings. The largest absolute Gasteiger partial charge is 0.298 e. The van der Waals surface area contributed by atoms with E-state index in [0.717, 1.165) is 5.92 Å². The standard InChI is InChI=1S/C18H35NO/c1-14(15-11-9-8-10-12-15)19(18(5,6)7)13-16(20)17(2,3)4/h14-15H,8-13H2,1-7H3. The molecule has 0 saturated heterocycles. The number of hydrogen-bond acceptors (Lipinski definition) is 2. The van der Waals surface area contributed by atoms with Gasteiger partial charge in [-0.05, 0) is 46.5 Å². The van der Waals surface area contributed by atoms with Crippen molar-refractivity contribution in [1.82, 2.24) is 4.90 Å². The second kappa shape index (κ2) is 6.60. The average molecular weight is 281 g/mol. The topological polar surface area (TPSA) is 20.3 Å². The minimum absolute atomic E-state index is 0.0533. The van der Waals surface area contributed by atoms with Crippen molar-refractivity contribution in [2.24, 2.45) is 11.3 Å².